The molecule has 0 bridgehead atoms. The van der Waals surface area contributed by atoms with Gasteiger partial charge in [-0.1, -0.05) is 11.6 Å². The molecule has 1 aromatic rings. The molecule has 1 aromatic carbocycles. The minimum Gasteiger partial charge on any atom is -0.478 e. The predicted octanol–water partition coefficient (Wildman–Crippen LogP) is 3.06. The van der Waals surface area contributed by atoms with Crippen LogP contribution in [0.25, 0.3) is 0 Å². The summed E-state index contributed by atoms with van der Waals surface area (Å²) in [5, 5.41) is 8.93. The second-order valence-electron chi connectivity index (χ2n) is 3.18. The number of halogens is 1. The summed E-state index contributed by atoms with van der Waals surface area (Å²) in [7, 11) is 0. The summed E-state index contributed by atoms with van der Waals surface area (Å²) in [6.45, 7) is 5.74. The molecule has 0 aromatic heterocycles. The Hall–Kier alpha value is -1.20. The van der Waals surface area contributed by atoms with Crippen molar-refractivity contribution in [1.29, 1.82) is 5.26 Å². The summed E-state index contributed by atoms with van der Waals surface area (Å²) >= 11 is 5.50. The fourth-order valence-corrected chi connectivity index (χ4v) is 1.54. The molecule has 14 heavy (non-hydrogen) atoms. The number of nitrogens with zero attached hydrogens (tertiary/aromatic N) is 1. The Labute approximate surface area is 89.1 Å². The van der Waals surface area contributed by atoms with Crippen LogP contribution in [0.2, 0.25) is 0 Å². The molecule has 1 rings (SSSR count). The Bertz CT molecular complexity index is 393. The predicted molar refractivity (Wildman–Crippen MR) is 56.7 cm³/mol. The Balaban J connectivity index is 3.34. The smallest absolute Gasteiger partial charge is 0.162 e. The number of aryl methyl sites for hydroxylation is 1. The van der Waals surface area contributed by atoms with Gasteiger partial charge in [-0.05, 0) is 43.5 Å². The lowest BCUT2D eigenvalue weighted by Crippen LogP contribution is -1.98. The van der Waals surface area contributed by atoms with E-state index < -0.39 is 0 Å². The van der Waals surface area contributed by atoms with Gasteiger partial charge in [-0.2, -0.15) is 5.26 Å². The Morgan fingerprint density at radius 3 is 2.50 bits per heavy atom. The van der Waals surface area contributed by atoms with Gasteiger partial charge in [0, 0.05) is 0 Å². The van der Waals surface area contributed by atoms with Crippen LogP contribution in [-0.2, 0) is 0 Å². The van der Waals surface area contributed by atoms with Crippen LogP contribution in [0.3, 0.4) is 0 Å². The van der Waals surface area contributed by atoms with E-state index in [9.17, 15) is 0 Å². The van der Waals surface area contributed by atoms with Crippen molar-refractivity contribution >= 4 is 11.6 Å². The third-order valence-electron chi connectivity index (χ3n) is 2.37. The topological polar surface area (TPSA) is 33.0 Å². The molecule has 0 N–H and O–H groups in total. The summed E-state index contributed by atoms with van der Waals surface area (Å²) < 4.78 is 5.25. The lowest BCUT2D eigenvalue weighted by Gasteiger charge is -2.12. The molecule has 0 aliphatic heterocycles. The molecule has 0 atom stereocenters. The second kappa shape index (κ2) is 4.34. The minimum absolute atomic E-state index is 0.131. The van der Waals surface area contributed by atoms with Gasteiger partial charge in [0.05, 0.1) is 11.6 Å². The van der Waals surface area contributed by atoms with E-state index >= 15 is 0 Å². The SMILES string of the molecule is Cc1cc(OCCl)c(C)c(C)c1C#N. The van der Waals surface area contributed by atoms with Crippen molar-refractivity contribution in [3.8, 4) is 11.8 Å². The number of rotatable bonds is 2. The highest BCUT2D eigenvalue weighted by Gasteiger charge is 2.10. The van der Waals surface area contributed by atoms with Gasteiger partial charge in [-0.15, -0.1) is 0 Å². The lowest BCUT2D eigenvalue weighted by atomic mass is 9.98. The molecule has 3 heteroatoms. The zero-order chi connectivity index (χ0) is 10.7. The molecular formula is C11H12ClNO. The van der Waals surface area contributed by atoms with Gasteiger partial charge in [0.1, 0.15) is 5.75 Å². The molecular weight excluding hydrogens is 198 g/mol. The largest absolute Gasteiger partial charge is 0.478 e. The second-order valence-corrected chi connectivity index (χ2v) is 3.40. The van der Waals surface area contributed by atoms with Crippen LogP contribution < -0.4 is 4.74 Å². The summed E-state index contributed by atoms with van der Waals surface area (Å²) in [4.78, 5) is 0. The van der Waals surface area contributed by atoms with Crippen molar-refractivity contribution in [3.05, 3.63) is 28.3 Å². The molecule has 0 saturated carbocycles. The van der Waals surface area contributed by atoms with Crippen LogP contribution in [0.15, 0.2) is 6.07 Å². The third-order valence-corrected chi connectivity index (χ3v) is 2.48. The van der Waals surface area contributed by atoms with Crippen LogP contribution in [0.5, 0.6) is 5.75 Å². The first-order valence-electron chi connectivity index (χ1n) is 4.31. The van der Waals surface area contributed by atoms with Gasteiger partial charge in [0.2, 0.25) is 0 Å². The van der Waals surface area contributed by atoms with Gasteiger partial charge >= 0.3 is 0 Å². The summed E-state index contributed by atoms with van der Waals surface area (Å²) in [6, 6.07) is 4.17. The maximum absolute atomic E-state index is 8.93. The number of hydrogen-bond donors (Lipinski definition) is 0. The Morgan fingerprint density at radius 2 is 2.00 bits per heavy atom. The van der Waals surface area contributed by atoms with Crippen molar-refractivity contribution < 1.29 is 4.74 Å². The zero-order valence-corrected chi connectivity index (χ0v) is 9.27. The number of benzene rings is 1. The standard InChI is InChI=1S/C11H12ClNO/c1-7-4-11(14-6-12)9(3)8(2)10(7)5-13/h4H,6H2,1-3H3. The maximum Gasteiger partial charge on any atom is 0.162 e. The molecule has 0 aliphatic rings. The van der Waals surface area contributed by atoms with E-state index in [0.717, 1.165) is 28.0 Å². The monoisotopic (exact) mass is 209 g/mol. The van der Waals surface area contributed by atoms with Crippen molar-refractivity contribution in [2.75, 3.05) is 6.07 Å². The summed E-state index contributed by atoms with van der Waals surface area (Å²) in [5.41, 5.74) is 3.60. The molecule has 0 heterocycles. The summed E-state index contributed by atoms with van der Waals surface area (Å²) in [5.74, 6) is 0.758. The maximum atomic E-state index is 8.93. The highest BCUT2D eigenvalue weighted by atomic mass is 35.5. The minimum atomic E-state index is 0.131. The van der Waals surface area contributed by atoms with Gasteiger partial charge < -0.3 is 4.74 Å². The van der Waals surface area contributed by atoms with Gasteiger partial charge in [0.25, 0.3) is 0 Å². The molecule has 0 aliphatic carbocycles. The molecule has 0 amide bonds. The molecule has 0 spiro atoms. The van der Waals surface area contributed by atoms with Crippen molar-refractivity contribution in [1.82, 2.24) is 0 Å². The highest BCUT2D eigenvalue weighted by Crippen LogP contribution is 2.27. The van der Waals surface area contributed by atoms with Crippen LogP contribution in [0, 0.1) is 32.1 Å². The number of alkyl halides is 1. The Morgan fingerprint density at radius 1 is 1.36 bits per heavy atom. The van der Waals surface area contributed by atoms with E-state index in [2.05, 4.69) is 6.07 Å². The van der Waals surface area contributed by atoms with Crippen molar-refractivity contribution in [2.45, 2.75) is 20.8 Å². The first-order valence-corrected chi connectivity index (χ1v) is 4.85. The van der Waals surface area contributed by atoms with Crippen LogP contribution >= 0.6 is 11.6 Å². The van der Waals surface area contributed by atoms with Gasteiger partial charge in [-0.3, -0.25) is 0 Å². The lowest BCUT2D eigenvalue weighted by molar-refractivity contribution is 0.384. The average molecular weight is 210 g/mol. The van der Waals surface area contributed by atoms with Crippen LogP contribution in [-0.4, -0.2) is 6.07 Å². The molecule has 74 valence electrons. The van der Waals surface area contributed by atoms with E-state index in [1.807, 2.05) is 26.8 Å². The average Bonchev–Trinajstić information content (AvgIpc) is 2.15. The third kappa shape index (κ3) is 1.83. The quantitative estimate of drug-likeness (QED) is 0.702. The molecule has 2 nitrogen and oxygen atoms in total. The van der Waals surface area contributed by atoms with E-state index in [-0.39, 0.29) is 6.07 Å². The fourth-order valence-electron chi connectivity index (χ4n) is 1.43. The molecule has 0 fully saturated rings. The Kier molecular flexibility index (Phi) is 3.38. The number of ether oxygens (including phenoxy) is 1. The molecule has 0 saturated heterocycles. The summed E-state index contributed by atoms with van der Waals surface area (Å²) in [6.07, 6.45) is 0. The van der Waals surface area contributed by atoms with E-state index in [1.54, 1.807) is 0 Å². The highest BCUT2D eigenvalue weighted by molar-refractivity contribution is 6.17. The fraction of sp³-hybridized carbons (Fsp3) is 0.364. The normalized spacial score (nSPS) is 9.64. The van der Waals surface area contributed by atoms with Gasteiger partial charge in [0.15, 0.2) is 6.07 Å². The first kappa shape index (κ1) is 10.9. The van der Waals surface area contributed by atoms with E-state index in [0.29, 0.717) is 0 Å². The van der Waals surface area contributed by atoms with Crippen LogP contribution in [0.4, 0.5) is 0 Å². The molecule has 0 unspecified atom stereocenters. The zero-order valence-electron chi connectivity index (χ0n) is 8.52. The van der Waals surface area contributed by atoms with Gasteiger partial charge in [-0.25, -0.2) is 0 Å². The first-order chi connectivity index (χ1) is 6.61. The number of hydrogen-bond acceptors (Lipinski definition) is 2. The van der Waals surface area contributed by atoms with Crippen LogP contribution in [0.1, 0.15) is 22.3 Å². The number of nitriles is 1. The van der Waals surface area contributed by atoms with Crippen molar-refractivity contribution in [3.63, 3.8) is 0 Å². The van der Waals surface area contributed by atoms with E-state index in [4.69, 9.17) is 21.6 Å². The van der Waals surface area contributed by atoms with E-state index in [1.165, 1.54) is 0 Å². The van der Waals surface area contributed by atoms with Crippen molar-refractivity contribution in [2.24, 2.45) is 0 Å². The molecule has 0 radical (unpaired) electrons.